The number of nitrogens with one attached hydrogen (secondary N) is 3. The number of carbonyl (C=O) groups is 1. The number of amides is 1. The van der Waals surface area contributed by atoms with Crippen LogP contribution in [0.25, 0.3) is 10.9 Å². The van der Waals surface area contributed by atoms with Gasteiger partial charge in [0.25, 0.3) is 5.91 Å². The molecular weight excluding hydrogens is 443 g/mol. The molecule has 6 N–H and O–H groups in total. The highest BCUT2D eigenvalue weighted by Gasteiger charge is 2.43. The molecule has 1 aliphatic carbocycles. The lowest BCUT2D eigenvalue weighted by Crippen LogP contribution is -2.42. The number of benzene rings is 1. The number of nitrogens with two attached hydrogens (primary N) is 1. The van der Waals surface area contributed by atoms with E-state index < -0.39 is 17.2 Å². The van der Waals surface area contributed by atoms with Crippen LogP contribution in [-0.2, 0) is 5.54 Å². The predicted octanol–water partition coefficient (Wildman–Crippen LogP) is 2.42. The van der Waals surface area contributed by atoms with Crippen LogP contribution >= 0.6 is 0 Å². The Morgan fingerprint density at radius 2 is 2.06 bits per heavy atom. The third kappa shape index (κ3) is 3.39. The van der Waals surface area contributed by atoms with E-state index in [2.05, 4.69) is 15.6 Å². The van der Waals surface area contributed by atoms with E-state index in [0.717, 1.165) is 19.3 Å². The molecule has 2 aliphatic rings. The molecule has 10 nitrogen and oxygen atoms in total. The standard InChI is InChI=1S/C23H25FN6O4/c24-16-17(25)15-19-21(18(16)28-10-9-27-14-4-1-2-8-26-14)34-11-7-23(5-3-6-23)30(19)12-13(20(15)31)22(32)29-33/h1-2,4,8,12,28,33H,3,5-7,9-11,25H2,(H,26,27)(H,29,32). The van der Waals surface area contributed by atoms with Crippen molar-refractivity contribution < 1.29 is 19.1 Å². The quantitative estimate of drug-likeness (QED) is 0.161. The normalized spacial score (nSPS) is 15.8. The number of nitrogen functional groups attached to an aromatic ring is 1. The van der Waals surface area contributed by atoms with Crippen molar-refractivity contribution in [1.29, 1.82) is 0 Å². The van der Waals surface area contributed by atoms with E-state index in [-0.39, 0.29) is 33.6 Å². The predicted molar refractivity (Wildman–Crippen MR) is 125 cm³/mol. The second-order valence-electron chi connectivity index (χ2n) is 8.58. The molecule has 178 valence electrons. The molecule has 2 aromatic heterocycles. The lowest BCUT2D eigenvalue weighted by molar-refractivity contribution is 0.0701. The molecule has 3 heterocycles. The minimum absolute atomic E-state index is 0.0664. The van der Waals surface area contributed by atoms with Crippen LogP contribution in [0.2, 0.25) is 0 Å². The summed E-state index contributed by atoms with van der Waals surface area (Å²) in [7, 11) is 0. The van der Waals surface area contributed by atoms with E-state index in [1.165, 1.54) is 11.7 Å². The van der Waals surface area contributed by atoms with Gasteiger partial charge in [0, 0.05) is 37.4 Å². The third-order valence-electron chi connectivity index (χ3n) is 6.73. The van der Waals surface area contributed by atoms with Gasteiger partial charge in [-0.2, -0.15) is 0 Å². The number of hydrogen-bond acceptors (Lipinski definition) is 8. The van der Waals surface area contributed by atoms with Crippen LogP contribution in [0.4, 0.5) is 21.6 Å². The van der Waals surface area contributed by atoms with Gasteiger partial charge in [-0.3, -0.25) is 14.8 Å². The number of halogens is 1. The highest BCUT2D eigenvalue weighted by molar-refractivity contribution is 6.04. The van der Waals surface area contributed by atoms with E-state index in [1.807, 2.05) is 22.8 Å². The van der Waals surface area contributed by atoms with E-state index in [0.29, 0.717) is 37.5 Å². The third-order valence-corrected chi connectivity index (χ3v) is 6.73. The Kier molecular flexibility index (Phi) is 5.48. The number of anilines is 3. The molecule has 0 atom stereocenters. The first-order valence-corrected chi connectivity index (χ1v) is 11.1. The molecule has 1 saturated carbocycles. The maximum Gasteiger partial charge on any atom is 0.280 e. The van der Waals surface area contributed by atoms with Gasteiger partial charge in [0.2, 0.25) is 5.43 Å². The Morgan fingerprint density at radius 3 is 2.74 bits per heavy atom. The minimum atomic E-state index is -0.973. The Labute approximate surface area is 193 Å². The molecule has 1 fully saturated rings. The molecule has 0 bridgehead atoms. The van der Waals surface area contributed by atoms with Crippen LogP contribution in [0.15, 0.2) is 35.4 Å². The number of pyridine rings is 2. The van der Waals surface area contributed by atoms with Crippen LogP contribution in [0, 0.1) is 5.82 Å². The van der Waals surface area contributed by atoms with Crippen molar-refractivity contribution in [2.24, 2.45) is 0 Å². The minimum Gasteiger partial charge on any atom is -0.489 e. The summed E-state index contributed by atoms with van der Waals surface area (Å²) in [5.74, 6) is -0.918. The molecule has 1 amide bonds. The topological polar surface area (TPSA) is 144 Å². The molecule has 0 saturated heterocycles. The maximum atomic E-state index is 15.5. The summed E-state index contributed by atoms with van der Waals surface area (Å²) in [4.78, 5) is 29.6. The molecule has 3 aromatic rings. The van der Waals surface area contributed by atoms with Crippen LogP contribution in [-0.4, -0.2) is 40.4 Å². The number of hydrogen-bond donors (Lipinski definition) is 5. The van der Waals surface area contributed by atoms with Gasteiger partial charge < -0.3 is 25.7 Å². The molecular formula is C23H25FN6O4. The van der Waals surface area contributed by atoms with Gasteiger partial charge in [-0.25, -0.2) is 14.9 Å². The van der Waals surface area contributed by atoms with Gasteiger partial charge in [0.05, 0.1) is 23.2 Å². The number of nitrogens with zero attached hydrogens (tertiary/aromatic N) is 2. The van der Waals surface area contributed by atoms with Gasteiger partial charge in [-0.15, -0.1) is 0 Å². The van der Waals surface area contributed by atoms with Crippen molar-refractivity contribution in [2.75, 3.05) is 36.1 Å². The fourth-order valence-corrected chi connectivity index (χ4v) is 4.83. The average Bonchev–Trinajstić information content (AvgIpc) is 3.00. The zero-order valence-electron chi connectivity index (χ0n) is 18.4. The SMILES string of the molecule is Nc1c(F)c(NCCNc2ccccn2)c2c3c1c(=O)c(C(=O)NO)cn3C1(CCC1)CCO2. The van der Waals surface area contributed by atoms with E-state index in [9.17, 15) is 9.59 Å². The second kappa shape index (κ2) is 8.49. The summed E-state index contributed by atoms with van der Waals surface area (Å²) in [6.45, 7) is 1.09. The molecule has 5 rings (SSSR count). The number of hydroxylamine groups is 1. The van der Waals surface area contributed by atoms with Crippen molar-refractivity contribution in [3.05, 3.63) is 52.2 Å². The average molecular weight is 468 g/mol. The van der Waals surface area contributed by atoms with Crippen molar-refractivity contribution >= 4 is 34.0 Å². The Hall–Kier alpha value is -3.86. The molecule has 11 heteroatoms. The van der Waals surface area contributed by atoms with E-state index in [1.54, 1.807) is 6.20 Å². The molecule has 1 aliphatic heterocycles. The fraction of sp³-hybridized carbons (Fsp3) is 0.348. The zero-order chi connectivity index (χ0) is 23.9. The lowest BCUT2D eigenvalue weighted by Gasteiger charge is -2.44. The van der Waals surface area contributed by atoms with Gasteiger partial charge >= 0.3 is 0 Å². The van der Waals surface area contributed by atoms with Crippen LogP contribution in [0.3, 0.4) is 0 Å². The number of ether oxygens (including phenoxy) is 1. The van der Waals surface area contributed by atoms with Crippen LogP contribution in [0.1, 0.15) is 36.0 Å². The van der Waals surface area contributed by atoms with Crippen molar-refractivity contribution in [1.82, 2.24) is 15.0 Å². The largest absolute Gasteiger partial charge is 0.489 e. The van der Waals surface area contributed by atoms with Gasteiger partial charge in [-0.05, 0) is 31.4 Å². The maximum absolute atomic E-state index is 15.5. The summed E-state index contributed by atoms with van der Waals surface area (Å²) in [6, 6.07) is 5.49. The highest BCUT2D eigenvalue weighted by atomic mass is 19.1. The van der Waals surface area contributed by atoms with Crippen molar-refractivity contribution in [2.45, 2.75) is 31.2 Å². The summed E-state index contributed by atoms with van der Waals surface area (Å²) in [5.41, 5.74) is 6.25. The van der Waals surface area contributed by atoms with Crippen molar-refractivity contribution in [3.8, 4) is 5.75 Å². The van der Waals surface area contributed by atoms with E-state index in [4.69, 9.17) is 15.7 Å². The number of aromatic nitrogens is 2. The summed E-state index contributed by atoms with van der Waals surface area (Å²) in [6.07, 6.45) is 6.34. The first-order chi connectivity index (χ1) is 16.5. The molecule has 1 spiro atoms. The molecule has 0 unspecified atom stereocenters. The Bertz CT molecular complexity index is 1320. The van der Waals surface area contributed by atoms with Gasteiger partial charge in [0.15, 0.2) is 11.6 Å². The number of fused-ring (bicyclic) bond motifs is 1. The molecule has 34 heavy (non-hydrogen) atoms. The first kappa shape index (κ1) is 22.0. The Balaban J connectivity index is 1.62. The Morgan fingerprint density at radius 1 is 1.26 bits per heavy atom. The second-order valence-corrected chi connectivity index (χ2v) is 8.58. The number of carbonyl (C=O) groups excluding carboxylic acids is 1. The number of rotatable bonds is 6. The summed E-state index contributed by atoms with van der Waals surface area (Å²) < 4.78 is 23.3. The van der Waals surface area contributed by atoms with Crippen molar-refractivity contribution in [3.63, 3.8) is 0 Å². The first-order valence-electron chi connectivity index (χ1n) is 11.1. The smallest absolute Gasteiger partial charge is 0.280 e. The summed E-state index contributed by atoms with van der Waals surface area (Å²) in [5, 5.41) is 15.2. The summed E-state index contributed by atoms with van der Waals surface area (Å²) >= 11 is 0. The highest BCUT2D eigenvalue weighted by Crippen LogP contribution is 2.49. The lowest BCUT2D eigenvalue weighted by atomic mass is 9.74. The van der Waals surface area contributed by atoms with Crippen LogP contribution < -0.4 is 32.0 Å². The van der Waals surface area contributed by atoms with Gasteiger partial charge in [-0.1, -0.05) is 6.07 Å². The van der Waals surface area contributed by atoms with E-state index >= 15 is 4.39 Å². The van der Waals surface area contributed by atoms with Gasteiger partial charge in [0.1, 0.15) is 17.1 Å². The van der Waals surface area contributed by atoms with Crippen LogP contribution in [0.5, 0.6) is 5.75 Å². The molecule has 0 radical (unpaired) electrons. The molecule has 1 aromatic carbocycles. The zero-order valence-corrected chi connectivity index (χ0v) is 18.4. The fourth-order valence-electron chi connectivity index (χ4n) is 4.83. The monoisotopic (exact) mass is 468 g/mol.